The lowest BCUT2D eigenvalue weighted by atomic mass is 10.1. The highest BCUT2D eigenvalue weighted by Crippen LogP contribution is 2.41. The SMILES string of the molecule is c1ccc(-c2cc(-c3cccc(-n4c5ccccc5c5c6oc7ccccc7c6ccc54)c3)nc(-c3ccccc3)n2)cc1. The van der Waals surface area contributed by atoms with Crippen LogP contribution in [0, 0.1) is 0 Å². The van der Waals surface area contributed by atoms with E-state index >= 15 is 0 Å². The van der Waals surface area contributed by atoms with Crippen LogP contribution in [0.4, 0.5) is 0 Å². The van der Waals surface area contributed by atoms with Crippen LogP contribution in [0.15, 0.2) is 156 Å². The molecule has 44 heavy (non-hydrogen) atoms. The first kappa shape index (κ1) is 24.6. The molecule has 0 aliphatic carbocycles. The van der Waals surface area contributed by atoms with E-state index in [-0.39, 0.29) is 0 Å². The Morgan fingerprint density at radius 3 is 1.93 bits per heavy atom. The fraction of sp³-hybridized carbons (Fsp3) is 0. The normalized spacial score (nSPS) is 11.6. The van der Waals surface area contributed by atoms with Crippen LogP contribution in [-0.2, 0) is 0 Å². The van der Waals surface area contributed by atoms with Gasteiger partial charge in [0, 0.05) is 38.5 Å². The molecule has 0 saturated heterocycles. The molecule has 0 atom stereocenters. The first-order valence-electron chi connectivity index (χ1n) is 14.8. The van der Waals surface area contributed by atoms with E-state index in [0.717, 1.165) is 77.5 Å². The smallest absolute Gasteiger partial charge is 0.160 e. The highest BCUT2D eigenvalue weighted by molar-refractivity contribution is 6.23. The van der Waals surface area contributed by atoms with Gasteiger partial charge in [0.25, 0.3) is 0 Å². The fourth-order valence-electron chi connectivity index (χ4n) is 6.39. The number of aromatic nitrogens is 3. The molecule has 3 aromatic heterocycles. The van der Waals surface area contributed by atoms with E-state index in [9.17, 15) is 0 Å². The second-order valence-electron chi connectivity index (χ2n) is 11.0. The zero-order chi connectivity index (χ0) is 29.0. The zero-order valence-electron chi connectivity index (χ0n) is 23.7. The van der Waals surface area contributed by atoms with Crippen LogP contribution >= 0.6 is 0 Å². The van der Waals surface area contributed by atoms with Gasteiger partial charge in [0.2, 0.25) is 0 Å². The number of benzene rings is 6. The van der Waals surface area contributed by atoms with Crippen LogP contribution in [0.5, 0.6) is 0 Å². The maximum atomic E-state index is 6.50. The molecule has 0 saturated carbocycles. The summed E-state index contributed by atoms with van der Waals surface area (Å²) in [7, 11) is 0. The van der Waals surface area contributed by atoms with Crippen LogP contribution in [0.2, 0.25) is 0 Å². The Kier molecular flexibility index (Phi) is 5.47. The molecule has 6 aromatic carbocycles. The van der Waals surface area contributed by atoms with Gasteiger partial charge in [-0.3, -0.25) is 0 Å². The Balaban J connectivity index is 1.27. The van der Waals surface area contributed by atoms with E-state index in [1.165, 1.54) is 0 Å². The number of fused-ring (bicyclic) bond motifs is 7. The summed E-state index contributed by atoms with van der Waals surface area (Å²) in [6.07, 6.45) is 0. The maximum Gasteiger partial charge on any atom is 0.160 e. The fourth-order valence-corrected chi connectivity index (χ4v) is 6.39. The summed E-state index contributed by atoms with van der Waals surface area (Å²) >= 11 is 0. The number of furan rings is 1. The standard InChI is InChI=1S/C40H25N3O/c1-3-12-26(13-4-1)33-25-34(42-40(41-33)27-14-5-2-6-15-27)28-16-11-17-29(24-28)43-35-20-9-7-19-32(35)38-36(43)23-22-31-30-18-8-10-21-37(30)44-39(31)38/h1-25H. The van der Waals surface area contributed by atoms with Gasteiger partial charge in [-0.1, -0.05) is 109 Å². The van der Waals surface area contributed by atoms with Gasteiger partial charge in [0.15, 0.2) is 5.82 Å². The van der Waals surface area contributed by atoms with Crippen molar-refractivity contribution in [2.75, 3.05) is 0 Å². The van der Waals surface area contributed by atoms with E-state index in [4.69, 9.17) is 14.4 Å². The van der Waals surface area contributed by atoms with E-state index in [0.29, 0.717) is 5.82 Å². The third-order valence-corrected chi connectivity index (χ3v) is 8.41. The summed E-state index contributed by atoms with van der Waals surface area (Å²) in [6.45, 7) is 0. The van der Waals surface area contributed by atoms with Crippen molar-refractivity contribution in [1.29, 1.82) is 0 Å². The molecular formula is C40H25N3O. The lowest BCUT2D eigenvalue weighted by Crippen LogP contribution is -1.97. The van der Waals surface area contributed by atoms with Crippen molar-refractivity contribution in [3.8, 4) is 39.6 Å². The predicted molar refractivity (Wildman–Crippen MR) is 180 cm³/mol. The van der Waals surface area contributed by atoms with Crippen molar-refractivity contribution in [1.82, 2.24) is 14.5 Å². The van der Waals surface area contributed by atoms with E-state index in [1.54, 1.807) is 0 Å². The molecule has 0 N–H and O–H groups in total. The van der Waals surface area contributed by atoms with Gasteiger partial charge in [-0.05, 0) is 42.5 Å². The average molecular weight is 564 g/mol. The van der Waals surface area contributed by atoms with Crippen LogP contribution in [0.25, 0.3) is 83.3 Å². The van der Waals surface area contributed by atoms with Crippen LogP contribution in [-0.4, -0.2) is 14.5 Å². The van der Waals surface area contributed by atoms with Crippen LogP contribution < -0.4 is 0 Å². The molecule has 206 valence electrons. The van der Waals surface area contributed by atoms with Crippen molar-refractivity contribution < 1.29 is 4.42 Å². The molecule has 0 fully saturated rings. The van der Waals surface area contributed by atoms with E-state index in [2.05, 4.69) is 108 Å². The number of hydrogen-bond donors (Lipinski definition) is 0. The molecule has 0 spiro atoms. The molecule has 0 aliphatic rings. The molecule has 4 heteroatoms. The van der Waals surface area contributed by atoms with Gasteiger partial charge < -0.3 is 8.98 Å². The third-order valence-electron chi connectivity index (χ3n) is 8.41. The van der Waals surface area contributed by atoms with E-state index in [1.807, 2.05) is 48.5 Å². The minimum Gasteiger partial charge on any atom is -0.455 e. The third kappa shape index (κ3) is 3.85. The number of hydrogen-bond acceptors (Lipinski definition) is 3. The molecule has 0 unspecified atom stereocenters. The Hall–Kier alpha value is -6.00. The lowest BCUT2D eigenvalue weighted by molar-refractivity contribution is 0.673. The molecule has 9 aromatic rings. The van der Waals surface area contributed by atoms with Gasteiger partial charge in [-0.2, -0.15) is 0 Å². The van der Waals surface area contributed by atoms with Gasteiger partial charge in [0.1, 0.15) is 11.2 Å². The number of nitrogens with zero attached hydrogens (tertiary/aromatic N) is 3. The highest BCUT2D eigenvalue weighted by Gasteiger charge is 2.19. The summed E-state index contributed by atoms with van der Waals surface area (Å²) in [5, 5.41) is 4.56. The van der Waals surface area contributed by atoms with Gasteiger partial charge in [-0.15, -0.1) is 0 Å². The quantitative estimate of drug-likeness (QED) is 0.214. The van der Waals surface area contributed by atoms with Crippen molar-refractivity contribution in [2.45, 2.75) is 0 Å². The minimum absolute atomic E-state index is 0.705. The summed E-state index contributed by atoms with van der Waals surface area (Å²) in [5.41, 5.74) is 9.95. The van der Waals surface area contributed by atoms with Gasteiger partial charge in [0.05, 0.1) is 27.8 Å². The Morgan fingerprint density at radius 1 is 0.455 bits per heavy atom. The monoisotopic (exact) mass is 563 g/mol. The zero-order valence-corrected chi connectivity index (χ0v) is 23.7. The van der Waals surface area contributed by atoms with Crippen molar-refractivity contribution in [3.63, 3.8) is 0 Å². The summed E-state index contributed by atoms with van der Waals surface area (Å²) < 4.78 is 8.83. The molecular weight excluding hydrogens is 538 g/mol. The van der Waals surface area contributed by atoms with Crippen molar-refractivity contribution in [2.24, 2.45) is 0 Å². The van der Waals surface area contributed by atoms with Crippen molar-refractivity contribution in [3.05, 3.63) is 152 Å². The molecule has 0 bridgehead atoms. The second kappa shape index (κ2) is 9.79. The Morgan fingerprint density at radius 2 is 1.11 bits per heavy atom. The lowest BCUT2D eigenvalue weighted by Gasteiger charge is -2.12. The maximum absolute atomic E-state index is 6.50. The topological polar surface area (TPSA) is 43.9 Å². The largest absolute Gasteiger partial charge is 0.455 e. The summed E-state index contributed by atoms with van der Waals surface area (Å²) in [4.78, 5) is 10.1. The van der Waals surface area contributed by atoms with Crippen molar-refractivity contribution >= 4 is 43.7 Å². The first-order chi connectivity index (χ1) is 21.8. The summed E-state index contributed by atoms with van der Waals surface area (Å²) in [5.74, 6) is 0.705. The molecule has 3 heterocycles. The molecule has 0 amide bonds. The van der Waals surface area contributed by atoms with Gasteiger partial charge >= 0.3 is 0 Å². The molecule has 9 rings (SSSR count). The highest BCUT2D eigenvalue weighted by atomic mass is 16.3. The Bertz CT molecular complexity index is 2430. The second-order valence-corrected chi connectivity index (χ2v) is 11.0. The number of rotatable bonds is 4. The van der Waals surface area contributed by atoms with Crippen LogP contribution in [0.3, 0.4) is 0 Å². The van der Waals surface area contributed by atoms with Gasteiger partial charge in [-0.25, -0.2) is 9.97 Å². The van der Waals surface area contributed by atoms with E-state index < -0.39 is 0 Å². The first-order valence-corrected chi connectivity index (χ1v) is 14.8. The van der Waals surface area contributed by atoms with Crippen LogP contribution in [0.1, 0.15) is 0 Å². The minimum atomic E-state index is 0.705. The molecule has 0 aliphatic heterocycles. The molecule has 0 radical (unpaired) electrons. The number of para-hydroxylation sites is 2. The predicted octanol–water partition coefficient (Wildman–Crippen LogP) is 10.5. The summed E-state index contributed by atoms with van der Waals surface area (Å²) in [6, 6.07) is 52.4. The Labute approximate surface area is 253 Å². The average Bonchev–Trinajstić information content (AvgIpc) is 3.65. The molecule has 4 nitrogen and oxygen atoms in total.